The highest BCUT2D eigenvalue weighted by molar-refractivity contribution is 7.92. The number of halogens is 2. The minimum absolute atomic E-state index is 0.0335. The topological polar surface area (TPSA) is 96.0 Å². The second kappa shape index (κ2) is 14.6. The molecule has 0 radical (unpaired) electrons. The summed E-state index contributed by atoms with van der Waals surface area (Å²) < 4.78 is 32.0. The summed E-state index contributed by atoms with van der Waals surface area (Å²) in [5.74, 6) is -0.540. The predicted molar refractivity (Wildman–Crippen MR) is 164 cm³/mol. The van der Waals surface area contributed by atoms with Gasteiger partial charge >= 0.3 is 0 Å². The number of nitrogens with zero attached hydrogens (tertiary/aromatic N) is 2. The SMILES string of the molecule is CCC(C)NC(=O)C(Cc1ccccc1)N(Cc1cccc(Cl)c1)C(=O)CN(c1ccc(OC)c(Cl)c1)S(C)(=O)=O. The maximum Gasteiger partial charge on any atom is 0.244 e. The van der Waals surface area contributed by atoms with Crippen LogP contribution in [0.25, 0.3) is 0 Å². The van der Waals surface area contributed by atoms with E-state index in [9.17, 15) is 18.0 Å². The van der Waals surface area contributed by atoms with Crippen molar-refractivity contribution in [2.24, 2.45) is 0 Å². The third kappa shape index (κ3) is 9.11. The number of ether oxygens (including phenoxy) is 1. The van der Waals surface area contributed by atoms with Crippen molar-refractivity contribution < 1.29 is 22.7 Å². The van der Waals surface area contributed by atoms with Crippen LogP contribution in [0, 0.1) is 0 Å². The molecule has 1 N–H and O–H groups in total. The monoisotopic (exact) mass is 619 g/mol. The number of amides is 2. The van der Waals surface area contributed by atoms with Gasteiger partial charge in [0.1, 0.15) is 18.3 Å². The van der Waals surface area contributed by atoms with Gasteiger partial charge in [0.25, 0.3) is 0 Å². The molecule has 0 fully saturated rings. The normalized spacial score (nSPS) is 12.7. The Morgan fingerprint density at radius 2 is 1.66 bits per heavy atom. The van der Waals surface area contributed by atoms with Crippen LogP contribution in [0.15, 0.2) is 72.8 Å². The van der Waals surface area contributed by atoms with Crippen LogP contribution in [0.3, 0.4) is 0 Å². The lowest BCUT2D eigenvalue weighted by Gasteiger charge is -2.34. The quantitative estimate of drug-likeness (QED) is 0.279. The number of anilines is 1. The Morgan fingerprint density at radius 1 is 0.976 bits per heavy atom. The lowest BCUT2D eigenvalue weighted by molar-refractivity contribution is -0.140. The third-order valence-corrected chi connectivity index (χ3v) is 8.29. The molecule has 2 atom stereocenters. The minimum atomic E-state index is -3.93. The van der Waals surface area contributed by atoms with E-state index >= 15 is 0 Å². The van der Waals surface area contributed by atoms with E-state index in [1.165, 1.54) is 30.2 Å². The Labute approximate surface area is 252 Å². The fourth-order valence-corrected chi connectivity index (χ4v) is 5.56. The van der Waals surface area contributed by atoms with Crippen molar-refractivity contribution in [1.82, 2.24) is 10.2 Å². The summed E-state index contributed by atoms with van der Waals surface area (Å²) in [5, 5.41) is 3.66. The number of hydrogen-bond acceptors (Lipinski definition) is 5. The maximum absolute atomic E-state index is 14.1. The van der Waals surface area contributed by atoms with Gasteiger partial charge in [0.05, 0.1) is 24.1 Å². The van der Waals surface area contributed by atoms with Gasteiger partial charge in [-0.2, -0.15) is 0 Å². The molecule has 3 aromatic carbocycles. The van der Waals surface area contributed by atoms with Gasteiger partial charge in [-0.15, -0.1) is 0 Å². The van der Waals surface area contributed by atoms with E-state index in [1.54, 1.807) is 24.3 Å². The van der Waals surface area contributed by atoms with Gasteiger partial charge in [0.15, 0.2) is 0 Å². The van der Waals surface area contributed by atoms with Crippen molar-refractivity contribution in [3.8, 4) is 5.75 Å². The lowest BCUT2D eigenvalue weighted by atomic mass is 10.0. The molecule has 0 saturated carbocycles. The van der Waals surface area contributed by atoms with E-state index in [2.05, 4.69) is 5.32 Å². The number of carbonyl (C=O) groups is 2. The molecule has 11 heteroatoms. The highest BCUT2D eigenvalue weighted by atomic mass is 35.5. The first-order valence-corrected chi connectivity index (χ1v) is 15.7. The summed E-state index contributed by atoms with van der Waals surface area (Å²) >= 11 is 12.5. The van der Waals surface area contributed by atoms with E-state index in [1.807, 2.05) is 44.2 Å². The molecule has 0 spiro atoms. The van der Waals surface area contributed by atoms with Crippen molar-refractivity contribution in [3.63, 3.8) is 0 Å². The van der Waals surface area contributed by atoms with Gasteiger partial charge in [-0.1, -0.05) is 72.6 Å². The molecule has 3 aromatic rings. The van der Waals surface area contributed by atoms with Crippen LogP contribution in [0.1, 0.15) is 31.4 Å². The van der Waals surface area contributed by atoms with Crippen LogP contribution in [0.4, 0.5) is 5.69 Å². The van der Waals surface area contributed by atoms with E-state index in [0.29, 0.717) is 22.8 Å². The summed E-state index contributed by atoms with van der Waals surface area (Å²) in [7, 11) is -2.48. The molecule has 0 heterocycles. The molecule has 0 aliphatic rings. The van der Waals surface area contributed by atoms with Crippen molar-refractivity contribution in [1.29, 1.82) is 0 Å². The van der Waals surface area contributed by atoms with Gasteiger partial charge in [-0.25, -0.2) is 8.42 Å². The molecule has 2 unspecified atom stereocenters. The lowest BCUT2D eigenvalue weighted by Crippen LogP contribution is -2.54. The summed E-state index contributed by atoms with van der Waals surface area (Å²) in [6, 6.07) is 19.8. The average molecular weight is 621 g/mol. The number of carbonyl (C=O) groups excluding carboxylic acids is 2. The number of sulfonamides is 1. The molecule has 0 saturated heterocycles. The Kier molecular flexibility index (Phi) is 11.5. The summed E-state index contributed by atoms with van der Waals surface area (Å²) in [4.78, 5) is 29.2. The van der Waals surface area contributed by atoms with E-state index < -0.39 is 28.5 Å². The summed E-state index contributed by atoms with van der Waals surface area (Å²) in [5.41, 5.74) is 1.74. The summed E-state index contributed by atoms with van der Waals surface area (Å²) in [6.45, 7) is 3.32. The Hall–Kier alpha value is -3.27. The van der Waals surface area contributed by atoms with Crippen LogP contribution < -0.4 is 14.4 Å². The van der Waals surface area contributed by atoms with Crippen LogP contribution in [-0.4, -0.2) is 57.1 Å². The van der Waals surface area contributed by atoms with Gasteiger partial charge < -0.3 is 15.0 Å². The van der Waals surface area contributed by atoms with Gasteiger partial charge in [-0.3, -0.25) is 13.9 Å². The molecule has 8 nitrogen and oxygen atoms in total. The largest absolute Gasteiger partial charge is 0.495 e. The molecule has 2 amide bonds. The minimum Gasteiger partial charge on any atom is -0.495 e. The number of methoxy groups -OCH3 is 1. The average Bonchev–Trinajstić information content (AvgIpc) is 2.93. The molecule has 0 bridgehead atoms. The Morgan fingerprint density at radius 3 is 2.24 bits per heavy atom. The fraction of sp³-hybridized carbons (Fsp3) is 0.333. The molecule has 41 heavy (non-hydrogen) atoms. The highest BCUT2D eigenvalue weighted by Crippen LogP contribution is 2.30. The number of rotatable bonds is 13. The first kappa shape index (κ1) is 32.2. The zero-order chi connectivity index (χ0) is 30.2. The molecule has 0 aromatic heterocycles. The van der Waals surface area contributed by atoms with Crippen molar-refractivity contribution in [2.75, 3.05) is 24.2 Å². The zero-order valence-corrected chi connectivity index (χ0v) is 25.8. The number of nitrogens with one attached hydrogen (secondary N) is 1. The first-order chi connectivity index (χ1) is 19.4. The number of hydrogen-bond donors (Lipinski definition) is 1. The van der Waals surface area contributed by atoms with E-state index in [0.717, 1.165) is 16.1 Å². The van der Waals surface area contributed by atoms with Crippen LogP contribution in [0.2, 0.25) is 10.0 Å². The van der Waals surface area contributed by atoms with Gasteiger partial charge in [0, 0.05) is 24.0 Å². The molecule has 220 valence electrons. The van der Waals surface area contributed by atoms with Gasteiger partial charge in [-0.05, 0) is 54.8 Å². The van der Waals surface area contributed by atoms with E-state index in [-0.39, 0.29) is 35.6 Å². The Bertz CT molecular complexity index is 1450. The predicted octanol–water partition coefficient (Wildman–Crippen LogP) is 5.32. The molecular formula is C30H35Cl2N3O5S. The Balaban J connectivity index is 2.07. The fourth-order valence-electron chi connectivity index (χ4n) is 4.25. The second-order valence-electron chi connectivity index (χ2n) is 9.76. The third-order valence-electron chi connectivity index (χ3n) is 6.62. The number of benzene rings is 3. The highest BCUT2D eigenvalue weighted by Gasteiger charge is 2.33. The molecular weight excluding hydrogens is 585 g/mol. The van der Waals surface area contributed by atoms with Crippen LogP contribution >= 0.6 is 23.2 Å². The second-order valence-corrected chi connectivity index (χ2v) is 12.5. The van der Waals surface area contributed by atoms with Gasteiger partial charge in [0.2, 0.25) is 21.8 Å². The van der Waals surface area contributed by atoms with Crippen LogP contribution in [-0.2, 0) is 32.6 Å². The van der Waals surface area contributed by atoms with E-state index in [4.69, 9.17) is 27.9 Å². The summed E-state index contributed by atoms with van der Waals surface area (Å²) in [6.07, 6.45) is 1.94. The molecule has 0 aliphatic carbocycles. The van der Waals surface area contributed by atoms with Crippen molar-refractivity contribution in [2.45, 2.75) is 45.3 Å². The smallest absolute Gasteiger partial charge is 0.244 e. The molecule has 0 aliphatic heterocycles. The molecule has 3 rings (SSSR count). The standard InChI is InChI=1S/C30H35Cl2N3O5S/c1-5-21(2)33-30(37)27(17-22-10-7-6-8-11-22)34(19-23-12-9-13-24(31)16-23)29(36)20-35(41(4,38)39)25-14-15-28(40-3)26(32)18-25/h6-16,18,21,27H,5,17,19-20H2,1-4H3,(H,33,37). The zero-order valence-electron chi connectivity index (χ0n) is 23.5. The van der Waals surface area contributed by atoms with Crippen molar-refractivity contribution >= 4 is 50.7 Å². The van der Waals surface area contributed by atoms with Crippen molar-refractivity contribution in [3.05, 3.63) is 94.0 Å². The van der Waals surface area contributed by atoms with Crippen LogP contribution in [0.5, 0.6) is 5.75 Å². The first-order valence-electron chi connectivity index (χ1n) is 13.1. The maximum atomic E-state index is 14.1.